The maximum atomic E-state index is 4.54. The molecule has 0 saturated carbocycles. The van der Waals surface area contributed by atoms with E-state index in [4.69, 9.17) is 0 Å². The van der Waals surface area contributed by atoms with Gasteiger partial charge in [-0.1, -0.05) is 12.1 Å². The molecule has 2 heterocycles. The summed E-state index contributed by atoms with van der Waals surface area (Å²) in [7, 11) is 1.97. The lowest BCUT2D eigenvalue weighted by Gasteiger charge is -2.17. The summed E-state index contributed by atoms with van der Waals surface area (Å²) in [5.41, 5.74) is 4.53. The van der Waals surface area contributed by atoms with Crippen LogP contribution in [0.5, 0.6) is 0 Å². The van der Waals surface area contributed by atoms with E-state index in [0.29, 0.717) is 0 Å². The average molecular weight is 263 g/mol. The molecule has 0 radical (unpaired) electrons. The Bertz CT molecular complexity index is 723. The minimum absolute atomic E-state index is 0.170. The molecule has 0 aliphatic heterocycles. The molecule has 1 unspecified atom stereocenters. The van der Waals surface area contributed by atoms with Gasteiger partial charge in [0.25, 0.3) is 0 Å². The van der Waals surface area contributed by atoms with Crippen molar-refractivity contribution in [2.75, 3.05) is 7.05 Å². The first-order chi connectivity index (χ1) is 9.78. The normalized spacial score (nSPS) is 12.5. The van der Waals surface area contributed by atoms with Crippen LogP contribution in [0.1, 0.15) is 22.9 Å². The molecule has 1 aromatic carbocycles. The number of fused-ring (bicyclic) bond motifs is 1. The largest absolute Gasteiger partial charge is 0.309 e. The highest BCUT2D eigenvalue weighted by Gasteiger charge is 2.12. The number of hydrogen-bond donors (Lipinski definition) is 1. The second-order valence-corrected chi connectivity index (χ2v) is 4.91. The molecule has 2 aromatic heterocycles. The third kappa shape index (κ3) is 2.40. The number of rotatable bonds is 3. The number of nitrogens with one attached hydrogen (secondary N) is 1. The molecule has 1 atom stereocenters. The van der Waals surface area contributed by atoms with E-state index in [0.717, 1.165) is 11.2 Å². The van der Waals surface area contributed by atoms with Gasteiger partial charge in [0.1, 0.15) is 0 Å². The maximum absolute atomic E-state index is 4.54. The van der Waals surface area contributed by atoms with Crippen LogP contribution in [0.4, 0.5) is 0 Å². The molecule has 20 heavy (non-hydrogen) atoms. The number of pyridine rings is 2. The number of hydrogen-bond acceptors (Lipinski definition) is 3. The average Bonchev–Trinajstić information content (AvgIpc) is 2.49. The Labute approximate surface area is 118 Å². The summed E-state index contributed by atoms with van der Waals surface area (Å²) in [5.74, 6) is 0. The van der Waals surface area contributed by atoms with E-state index in [1.54, 1.807) is 0 Å². The highest BCUT2D eigenvalue weighted by molar-refractivity contribution is 5.79. The molecule has 100 valence electrons. The zero-order chi connectivity index (χ0) is 13.9. The maximum Gasteiger partial charge on any atom is 0.0705 e. The van der Waals surface area contributed by atoms with Gasteiger partial charge < -0.3 is 5.32 Å². The molecule has 3 aromatic rings. The van der Waals surface area contributed by atoms with Crippen LogP contribution in [-0.4, -0.2) is 17.0 Å². The summed E-state index contributed by atoms with van der Waals surface area (Å²) in [6, 6.07) is 14.8. The van der Waals surface area contributed by atoms with Gasteiger partial charge >= 0.3 is 0 Å². The van der Waals surface area contributed by atoms with Gasteiger partial charge in [-0.15, -0.1) is 0 Å². The van der Waals surface area contributed by atoms with Crippen LogP contribution in [0.25, 0.3) is 10.9 Å². The van der Waals surface area contributed by atoms with Crippen molar-refractivity contribution in [3.8, 4) is 0 Å². The molecule has 0 bridgehead atoms. The van der Waals surface area contributed by atoms with Crippen molar-refractivity contribution in [1.29, 1.82) is 0 Å². The Morgan fingerprint density at radius 1 is 0.950 bits per heavy atom. The van der Waals surface area contributed by atoms with Crippen molar-refractivity contribution < 1.29 is 0 Å². The van der Waals surface area contributed by atoms with Crippen molar-refractivity contribution in [1.82, 2.24) is 15.3 Å². The molecule has 0 amide bonds. The van der Waals surface area contributed by atoms with E-state index < -0.39 is 0 Å². The predicted molar refractivity (Wildman–Crippen MR) is 81.6 cm³/mol. The van der Waals surface area contributed by atoms with Crippen molar-refractivity contribution in [3.05, 3.63) is 71.7 Å². The molecule has 3 nitrogen and oxygen atoms in total. The second-order valence-electron chi connectivity index (χ2n) is 4.91. The lowest BCUT2D eigenvalue weighted by Crippen LogP contribution is -2.17. The topological polar surface area (TPSA) is 37.8 Å². The molecule has 3 rings (SSSR count). The fourth-order valence-corrected chi connectivity index (χ4v) is 2.51. The van der Waals surface area contributed by atoms with E-state index in [1.165, 1.54) is 16.5 Å². The zero-order valence-corrected chi connectivity index (χ0v) is 11.7. The second kappa shape index (κ2) is 5.39. The van der Waals surface area contributed by atoms with Crippen molar-refractivity contribution in [3.63, 3.8) is 0 Å². The Kier molecular flexibility index (Phi) is 3.44. The first-order valence-electron chi connectivity index (χ1n) is 6.72. The minimum atomic E-state index is 0.170. The quantitative estimate of drug-likeness (QED) is 0.788. The summed E-state index contributed by atoms with van der Waals surface area (Å²) in [6.45, 7) is 2.01. The Morgan fingerprint density at radius 3 is 2.50 bits per heavy atom. The highest BCUT2D eigenvalue weighted by Crippen LogP contribution is 2.24. The third-order valence-electron chi connectivity index (χ3n) is 3.51. The van der Waals surface area contributed by atoms with Crippen LogP contribution in [0, 0.1) is 6.92 Å². The Hall–Kier alpha value is -2.26. The molecule has 0 saturated heterocycles. The lowest BCUT2D eigenvalue weighted by molar-refractivity contribution is 0.691. The Morgan fingerprint density at radius 2 is 1.75 bits per heavy atom. The summed E-state index contributed by atoms with van der Waals surface area (Å²) >= 11 is 0. The first-order valence-corrected chi connectivity index (χ1v) is 6.72. The summed E-state index contributed by atoms with van der Waals surface area (Å²) in [5, 5.41) is 4.53. The van der Waals surface area contributed by atoms with Gasteiger partial charge in [0.15, 0.2) is 0 Å². The van der Waals surface area contributed by atoms with Crippen molar-refractivity contribution in [2.24, 2.45) is 0 Å². The molecule has 0 aliphatic carbocycles. The number of aromatic nitrogens is 2. The zero-order valence-electron chi connectivity index (χ0n) is 11.7. The van der Waals surface area contributed by atoms with Crippen molar-refractivity contribution >= 4 is 10.9 Å². The number of aryl methyl sites for hydroxylation is 1. The number of benzene rings is 1. The van der Waals surface area contributed by atoms with Gasteiger partial charge in [0.05, 0.1) is 11.6 Å². The van der Waals surface area contributed by atoms with E-state index in [9.17, 15) is 0 Å². The highest BCUT2D eigenvalue weighted by atomic mass is 14.9. The summed E-state index contributed by atoms with van der Waals surface area (Å²) in [6.07, 6.45) is 3.65. The fraction of sp³-hybridized carbons (Fsp3) is 0.176. The smallest absolute Gasteiger partial charge is 0.0705 e. The molecule has 0 spiro atoms. The summed E-state index contributed by atoms with van der Waals surface area (Å²) in [4.78, 5) is 8.62. The Balaban J connectivity index is 2.06. The van der Waals surface area contributed by atoms with E-state index >= 15 is 0 Å². The summed E-state index contributed by atoms with van der Waals surface area (Å²) < 4.78 is 0. The lowest BCUT2D eigenvalue weighted by atomic mass is 9.98. The molecule has 3 heteroatoms. The standard InChI is InChI=1S/C17H17N3/c1-12-3-4-14-11-15(5-6-16(14)20-12)17(18-2)13-7-9-19-10-8-13/h3-11,17-18H,1-2H3. The molecular weight excluding hydrogens is 246 g/mol. The molecule has 0 fully saturated rings. The SMILES string of the molecule is CNC(c1ccncc1)c1ccc2nc(C)ccc2c1. The molecular formula is C17H17N3. The predicted octanol–water partition coefficient (Wildman–Crippen LogP) is 3.25. The van der Waals surface area contributed by atoms with Gasteiger partial charge in [-0.2, -0.15) is 0 Å². The fourth-order valence-electron chi connectivity index (χ4n) is 2.51. The number of nitrogens with zero attached hydrogens (tertiary/aromatic N) is 2. The van der Waals surface area contributed by atoms with Gasteiger partial charge in [-0.3, -0.25) is 9.97 Å². The van der Waals surface area contributed by atoms with Crippen LogP contribution in [-0.2, 0) is 0 Å². The van der Waals surface area contributed by atoms with E-state index in [2.05, 4.69) is 39.6 Å². The van der Waals surface area contributed by atoms with Crippen LogP contribution in [0.2, 0.25) is 0 Å². The van der Waals surface area contributed by atoms with Crippen LogP contribution >= 0.6 is 0 Å². The van der Waals surface area contributed by atoms with Gasteiger partial charge in [-0.25, -0.2) is 0 Å². The van der Waals surface area contributed by atoms with Crippen LogP contribution < -0.4 is 5.32 Å². The monoisotopic (exact) mass is 263 g/mol. The first kappa shape index (κ1) is 12.8. The van der Waals surface area contributed by atoms with Crippen LogP contribution in [0.3, 0.4) is 0 Å². The minimum Gasteiger partial charge on any atom is -0.309 e. The van der Waals surface area contributed by atoms with Gasteiger partial charge in [0.2, 0.25) is 0 Å². The molecule has 1 N–H and O–H groups in total. The van der Waals surface area contributed by atoms with E-state index in [1.807, 2.05) is 44.6 Å². The van der Waals surface area contributed by atoms with E-state index in [-0.39, 0.29) is 6.04 Å². The van der Waals surface area contributed by atoms with Crippen molar-refractivity contribution in [2.45, 2.75) is 13.0 Å². The van der Waals surface area contributed by atoms with Gasteiger partial charge in [-0.05, 0) is 55.4 Å². The third-order valence-corrected chi connectivity index (χ3v) is 3.51. The molecule has 0 aliphatic rings. The van der Waals surface area contributed by atoms with Gasteiger partial charge in [0, 0.05) is 23.5 Å². The van der Waals surface area contributed by atoms with Crippen LogP contribution in [0.15, 0.2) is 54.9 Å².